The number of alkyl halides is 3. The van der Waals surface area contributed by atoms with Crippen molar-refractivity contribution in [3.8, 4) is 0 Å². The van der Waals surface area contributed by atoms with E-state index in [-0.39, 0.29) is 29.9 Å². The molecule has 5 nitrogen and oxygen atoms in total. The van der Waals surface area contributed by atoms with Crippen molar-refractivity contribution in [2.24, 2.45) is 0 Å². The van der Waals surface area contributed by atoms with Crippen LogP contribution in [-0.2, 0) is 12.7 Å². The van der Waals surface area contributed by atoms with Crippen molar-refractivity contribution in [2.75, 3.05) is 6.61 Å². The maximum Gasteiger partial charge on any atom is 0.416 e. The van der Waals surface area contributed by atoms with Crippen LogP contribution in [-0.4, -0.2) is 38.4 Å². The first-order valence-electron chi connectivity index (χ1n) is 7.95. The average Bonchev–Trinajstić information content (AvgIpc) is 3.02. The first-order chi connectivity index (χ1) is 12.2. The number of nitrogens with one attached hydrogen (secondary N) is 1. The second-order valence-corrected chi connectivity index (χ2v) is 5.84. The van der Waals surface area contributed by atoms with Crippen molar-refractivity contribution in [1.82, 2.24) is 9.78 Å². The third kappa shape index (κ3) is 4.28. The van der Waals surface area contributed by atoms with E-state index in [1.165, 1.54) is 16.9 Å². The summed E-state index contributed by atoms with van der Waals surface area (Å²) in [7, 11) is 0. The highest BCUT2D eigenvalue weighted by Gasteiger charge is 2.36. The molecule has 3 N–H and O–H groups in total. The van der Waals surface area contributed by atoms with Gasteiger partial charge < -0.3 is 15.6 Å². The molecule has 0 radical (unpaired) electrons. The van der Waals surface area contributed by atoms with Crippen LogP contribution < -0.4 is 0 Å². The molecule has 0 aliphatic heterocycles. The number of hydrogen-bond donors (Lipinski definition) is 3. The fraction of sp³-hybridized carbons (Fsp3) is 0.412. The van der Waals surface area contributed by atoms with Gasteiger partial charge in [-0.2, -0.15) is 18.3 Å². The lowest BCUT2D eigenvalue weighted by Crippen LogP contribution is -2.25. The van der Waals surface area contributed by atoms with Gasteiger partial charge in [0.15, 0.2) is 0 Å². The number of nitrogens with zero attached hydrogens (tertiary/aromatic N) is 2. The van der Waals surface area contributed by atoms with Gasteiger partial charge >= 0.3 is 6.18 Å². The molecule has 0 bridgehead atoms. The molecule has 0 fully saturated rings. The van der Waals surface area contributed by atoms with E-state index in [1.54, 1.807) is 6.92 Å². The highest BCUT2D eigenvalue weighted by molar-refractivity contribution is 6.01. The van der Waals surface area contributed by atoms with E-state index in [0.29, 0.717) is 6.07 Å². The summed E-state index contributed by atoms with van der Waals surface area (Å²) in [6, 6.07) is 3.65. The molecule has 0 amide bonds. The summed E-state index contributed by atoms with van der Waals surface area (Å²) >= 11 is 0. The number of aliphatic hydroxyl groups excluding tert-OH is 2. The molecule has 1 aromatic heterocycles. The van der Waals surface area contributed by atoms with E-state index >= 15 is 0 Å². The Kier molecular flexibility index (Phi) is 6.14. The highest BCUT2D eigenvalue weighted by Crippen LogP contribution is 2.37. The molecule has 0 saturated heterocycles. The molecule has 0 spiro atoms. The van der Waals surface area contributed by atoms with E-state index in [9.17, 15) is 22.7 Å². The minimum absolute atomic E-state index is 0.118. The Balaban J connectivity index is 2.46. The number of hydrogen-bond acceptors (Lipinski definition) is 4. The van der Waals surface area contributed by atoms with Gasteiger partial charge in [-0.25, -0.2) is 4.39 Å². The van der Waals surface area contributed by atoms with Crippen LogP contribution in [0.2, 0.25) is 0 Å². The molecule has 0 saturated carbocycles. The predicted molar refractivity (Wildman–Crippen MR) is 86.6 cm³/mol. The second-order valence-electron chi connectivity index (χ2n) is 5.84. The molecule has 2 rings (SSSR count). The van der Waals surface area contributed by atoms with Crippen molar-refractivity contribution in [3.63, 3.8) is 0 Å². The third-order valence-electron chi connectivity index (χ3n) is 4.04. The largest absolute Gasteiger partial charge is 0.416 e. The SMILES string of the molecule is CC[C@@H](C(=N)c1ccnn1C[C@@H](O)CO)c1cc(F)ccc1C(F)(F)F. The van der Waals surface area contributed by atoms with Gasteiger partial charge in [0.05, 0.1) is 36.2 Å². The van der Waals surface area contributed by atoms with Crippen LogP contribution in [0.25, 0.3) is 0 Å². The first kappa shape index (κ1) is 20.1. The molecule has 26 heavy (non-hydrogen) atoms. The molecule has 0 aliphatic carbocycles. The number of aliphatic hydroxyl groups is 2. The highest BCUT2D eigenvalue weighted by atomic mass is 19.4. The van der Waals surface area contributed by atoms with Crippen LogP contribution in [0, 0.1) is 11.2 Å². The number of aromatic nitrogens is 2. The van der Waals surface area contributed by atoms with Crippen LogP contribution >= 0.6 is 0 Å². The van der Waals surface area contributed by atoms with Gasteiger partial charge in [-0.15, -0.1) is 0 Å². The van der Waals surface area contributed by atoms with Gasteiger partial charge in [0, 0.05) is 12.1 Å². The summed E-state index contributed by atoms with van der Waals surface area (Å²) in [4.78, 5) is 0. The quantitative estimate of drug-likeness (QED) is 0.516. The predicted octanol–water partition coefficient (Wildman–Crippen LogP) is 2.96. The minimum Gasteiger partial charge on any atom is -0.394 e. The monoisotopic (exact) mass is 373 g/mol. The van der Waals surface area contributed by atoms with E-state index in [0.717, 1.165) is 12.1 Å². The zero-order valence-electron chi connectivity index (χ0n) is 14.0. The van der Waals surface area contributed by atoms with E-state index < -0.39 is 36.2 Å². The van der Waals surface area contributed by atoms with Gasteiger partial charge in [0.25, 0.3) is 0 Å². The lowest BCUT2D eigenvalue weighted by molar-refractivity contribution is -0.138. The van der Waals surface area contributed by atoms with Crippen LogP contribution in [0.4, 0.5) is 17.6 Å². The van der Waals surface area contributed by atoms with Gasteiger partial charge in [0.2, 0.25) is 0 Å². The fourth-order valence-electron chi connectivity index (χ4n) is 2.80. The van der Waals surface area contributed by atoms with Crippen molar-refractivity contribution in [3.05, 3.63) is 53.1 Å². The summed E-state index contributed by atoms with van der Waals surface area (Å²) in [5.74, 6) is -1.83. The smallest absolute Gasteiger partial charge is 0.394 e. The fourth-order valence-corrected chi connectivity index (χ4v) is 2.80. The molecule has 2 atom stereocenters. The maximum atomic E-state index is 13.6. The number of rotatable bonds is 7. The molecule has 1 heterocycles. The average molecular weight is 373 g/mol. The van der Waals surface area contributed by atoms with Gasteiger partial charge in [-0.05, 0) is 36.2 Å². The molecule has 0 unspecified atom stereocenters. The topological polar surface area (TPSA) is 82.1 Å². The normalized spacial score (nSPS) is 14.3. The minimum atomic E-state index is -4.68. The molecule has 142 valence electrons. The molecule has 9 heteroatoms. The first-order valence-corrected chi connectivity index (χ1v) is 7.95. The van der Waals surface area contributed by atoms with Crippen LogP contribution in [0.15, 0.2) is 30.5 Å². The van der Waals surface area contributed by atoms with E-state index in [2.05, 4.69) is 5.10 Å². The maximum absolute atomic E-state index is 13.6. The lowest BCUT2D eigenvalue weighted by atomic mass is 9.86. The third-order valence-corrected chi connectivity index (χ3v) is 4.04. The summed E-state index contributed by atoms with van der Waals surface area (Å²) in [5, 5.41) is 30.8. The molecule has 2 aromatic rings. The van der Waals surface area contributed by atoms with Crippen molar-refractivity contribution in [1.29, 1.82) is 5.41 Å². The summed E-state index contributed by atoms with van der Waals surface area (Å²) in [6.45, 7) is 0.965. The van der Waals surface area contributed by atoms with Gasteiger partial charge in [-0.1, -0.05) is 6.92 Å². The van der Waals surface area contributed by atoms with Crippen LogP contribution in [0.1, 0.15) is 36.1 Å². The van der Waals surface area contributed by atoms with Crippen LogP contribution in [0.5, 0.6) is 0 Å². The number of benzene rings is 1. The molecular weight excluding hydrogens is 354 g/mol. The Labute approximate surface area is 147 Å². The Bertz CT molecular complexity index is 774. The Morgan fingerprint density at radius 1 is 1.31 bits per heavy atom. The molecular formula is C17H19F4N3O2. The van der Waals surface area contributed by atoms with Crippen molar-refractivity contribution in [2.45, 2.75) is 38.1 Å². The number of halogens is 4. The van der Waals surface area contributed by atoms with Gasteiger partial charge in [-0.3, -0.25) is 4.68 Å². The van der Waals surface area contributed by atoms with Gasteiger partial charge in [0.1, 0.15) is 5.82 Å². The second kappa shape index (κ2) is 7.96. The standard InChI is InChI=1S/C17H19F4N3O2/c1-2-12(13-7-10(18)3-4-14(13)17(19,20)21)16(22)15-5-6-23-24(15)8-11(26)9-25/h3-7,11-12,22,25-26H,2,8-9H2,1H3/t11-,12-/m1/s1. The zero-order chi connectivity index (χ0) is 19.5. The molecule has 0 aliphatic rings. The van der Waals surface area contributed by atoms with E-state index in [1.807, 2.05) is 0 Å². The summed E-state index contributed by atoms with van der Waals surface area (Å²) in [5.41, 5.74) is -1.29. The lowest BCUT2D eigenvalue weighted by Gasteiger charge is -2.22. The summed E-state index contributed by atoms with van der Waals surface area (Å²) < 4.78 is 54.8. The Morgan fingerprint density at radius 2 is 2.00 bits per heavy atom. The Morgan fingerprint density at radius 3 is 2.58 bits per heavy atom. The molecule has 1 aromatic carbocycles. The summed E-state index contributed by atoms with van der Waals surface area (Å²) in [6.07, 6.45) is -4.32. The van der Waals surface area contributed by atoms with Crippen LogP contribution in [0.3, 0.4) is 0 Å². The van der Waals surface area contributed by atoms with Crippen molar-refractivity contribution >= 4 is 5.71 Å². The zero-order valence-corrected chi connectivity index (χ0v) is 14.0. The Hall–Kier alpha value is -2.26. The van der Waals surface area contributed by atoms with E-state index in [4.69, 9.17) is 10.5 Å². The van der Waals surface area contributed by atoms with Crippen molar-refractivity contribution < 1.29 is 27.8 Å².